The Hall–Kier alpha value is -2.10. The number of aryl methyl sites for hydroxylation is 2. The third-order valence-corrected chi connectivity index (χ3v) is 3.46. The van der Waals surface area contributed by atoms with Crippen molar-refractivity contribution in [3.8, 4) is 0 Å². The van der Waals surface area contributed by atoms with Gasteiger partial charge >= 0.3 is 0 Å². The standard InChI is InChI=1S/C15H18N2O2/c1-8(2)17-11-7-5-6-9(3)12(11)10(4)13(14(16)18)15(17)19/h5-8H,1-4H3,(H2,16,18). The van der Waals surface area contributed by atoms with Gasteiger partial charge in [0.25, 0.3) is 11.5 Å². The summed E-state index contributed by atoms with van der Waals surface area (Å²) < 4.78 is 1.63. The third kappa shape index (κ3) is 1.93. The van der Waals surface area contributed by atoms with Crippen LogP contribution in [0.1, 0.15) is 41.4 Å². The molecule has 0 atom stereocenters. The van der Waals surface area contributed by atoms with Crippen LogP contribution in [0.3, 0.4) is 0 Å². The molecule has 0 fully saturated rings. The highest BCUT2D eigenvalue weighted by atomic mass is 16.2. The Balaban J connectivity index is 3.13. The fourth-order valence-corrected chi connectivity index (χ4v) is 2.66. The van der Waals surface area contributed by atoms with Crippen LogP contribution in [0.2, 0.25) is 0 Å². The summed E-state index contributed by atoms with van der Waals surface area (Å²) in [6.07, 6.45) is 0. The van der Waals surface area contributed by atoms with Crippen molar-refractivity contribution in [2.24, 2.45) is 5.73 Å². The summed E-state index contributed by atoms with van der Waals surface area (Å²) in [5.41, 5.74) is 7.71. The van der Waals surface area contributed by atoms with E-state index >= 15 is 0 Å². The lowest BCUT2D eigenvalue weighted by molar-refractivity contribution is 0.0998. The molecule has 100 valence electrons. The zero-order valence-corrected chi connectivity index (χ0v) is 11.7. The molecule has 2 N–H and O–H groups in total. The number of carbonyl (C=O) groups excluding carboxylic acids is 1. The molecule has 0 saturated heterocycles. The Labute approximate surface area is 111 Å². The topological polar surface area (TPSA) is 65.1 Å². The van der Waals surface area contributed by atoms with E-state index in [0.29, 0.717) is 5.56 Å². The monoisotopic (exact) mass is 258 g/mol. The third-order valence-electron chi connectivity index (χ3n) is 3.46. The van der Waals surface area contributed by atoms with Gasteiger partial charge in [0.05, 0.1) is 5.52 Å². The summed E-state index contributed by atoms with van der Waals surface area (Å²) in [4.78, 5) is 24.0. The Bertz CT molecular complexity index is 727. The molecule has 0 saturated carbocycles. The predicted molar refractivity (Wildman–Crippen MR) is 76.6 cm³/mol. The Kier molecular flexibility index (Phi) is 3.18. The molecule has 1 aromatic heterocycles. The Morgan fingerprint density at radius 1 is 1.26 bits per heavy atom. The lowest BCUT2D eigenvalue weighted by Crippen LogP contribution is -2.32. The molecule has 0 spiro atoms. The van der Waals surface area contributed by atoms with Gasteiger partial charge in [0, 0.05) is 11.4 Å². The maximum absolute atomic E-state index is 12.5. The van der Waals surface area contributed by atoms with Crippen LogP contribution in [-0.2, 0) is 0 Å². The number of fused-ring (bicyclic) bond motifs is 1. The van der Waals surface area contributed by atoms with E-state index in [1.807, 2.05) is 39.0 Å². The van der Waals surface area contributed by atoms with Gasteiger partial charge in [-0.25, -0.2) is 0 Å². The first kappa shape index (κ1) is 13.3. The van der Waals surface area contributed by atoms with Gasteiger partial charge in [0.1, 0.15) is 5.56 Å². The second-order valence-electron chi connectivity index (χ2n) is 5.10. The van der Waals surface area contributed by atoms with Crippen LogP contribution in [0.15, 0.2) is 23.0 Å². The number of rotatable bonds is 2. The predicted octanol–water partition coefficient (Wildman–Crippen LogP) is 2.30. The number of carbonyl (C=O) groups is 1. The van der Waals surface area contributed by atoms with Crippen molar-refractivity contribution in [2.75, 3.05) is 0 Å². The fourth-order valence-electron chi connectivity index (χ4n) is 2.66. The van der Waals surface area contributed by atoms with E-state index in [2.05, 4.69) is 0 Å². The zero-order chi connectivity index (χ0) is 14.3. The minimum atomic E-state index is -0.665. The molecule has 1 aromatic carbocycles. The maximum Gasteiger partial charge on any atom is 0.264 e. The quantitative estimate of drug-likeness (QED) is 0.898. The van der Waals surface area contributed by atoms with E-state index in [0.717, 1.165) is 16.5 Å². The van der Waals surface area contributed by atoms with Crippen molar-refractivity contribution in [1.82, 2.24) is 4.57 Å². The van der Waals surface area contributed by atoms with E-state index in [1.54, 1.807) is 11.5 Å². The molecular weight excluding hydrogens is 240 g/mol. The van der Waals surface area contributed by atoms with Crippen molar-refractivity contribution < 1.29 is 4.79 Å². The van der Waals surface area contributed by atoms with Gasteiger partial charge in [-0.15, -0.1) is 0 Å². The van der Waals surface area contributed by atoms with Gasteiger partial charge in [-0.05, 0) is 44.9 Å². The SMILES string of the molecule is Cc1cccc2c1c(C)c(C(N)=O)c(=O)n2C(C)C. The highest BCUT2D eigenvalue weighted by Crippen LogP contribution is 2.24. The molecule has 2 rings (SSSR count). The van der Waals surface area contributed by atoms with Crippen molar-refractivity contribution in [3.63, 3.8) is 0 Å². The van der Waals surface area contributed by atoms with Gasteiger partial charge in [-0.1, -0.05) is 12.1 Å². The molecule has 0 aliphatic carbocycles. The Morgan fingerprint density at radius 3 is 2.42 bits per heavy atom. The van der Waals surface area contributed by atoms with Gasteiger partial charge < -0.3 is 10.3 Å². The van der Waals surface area contributed by atoms with E-state index in [1.165, 1.54) is 0 Å². The number of hydrogen-bond donors (Lipinski definition) is 1. The zero-order valence-electron chi connectivity index (χ0n) is 11.7. The van der Waals surface area contributed by atoms with Crippen molar-refractivity contribution in [3.05, 3.63) is 45.2 Å². The summed E-state index contributed by atoms with van der Waals surface area (Å²) in [6, 6.07) is 5.76. The second kappa shape index (κ2) is 4.53. The summed E-state index contributed by atoms with van der Waals surface area (Å²) >= 11 is 0. The number of pyridine rings is 1. The molecule has 0 radical (unpaired) electrons. The molecule has 2 aromatic rings. The number of nitrogens with zero attached hydrogens (tertiary/aromatic N) is 1. The number of nitrogens with two attached hydrogens (primary N) is 1. The summed E-state index contributed by atoms with van der Waals surface area (Å²) in [7, 11) is 0. The molecule has 0 unspecified atom stereocenters. The first-order valence-electron chi connectivity index (χ1n) is 6.30. The lowest BCUT2D eigenvalue weighted by Gasteiger charge is -2.18. The van der Waals surface area contributed by atoms with Crippen LogP contribution in [-0.4, -0.2) is 10.5 Å². The van der Waals surface area contributed by atoms with Gasteiger partial charge in [0.15, 0.2) is 0 Å². The molecule has 19 heavy (non-hydrogen) atoms. The molecule has 4 heteroatoms. The minimum Gasteiger partial charge on any atom is -0.365 e. The van der Waals surface area contributed by atoms with Gasteiger partial charge in [-0.3, -0.25) is 9.59 Å². The molecular formula is C15H18N2O2. The number of primary amides is 1. The van der Waals surface area contributed by atoms with E-state index < -0.39 is 5.91 Å². The van der Waals surface area contributed by atoms with Crippen LogP contribution in [0.4, 0.5) is 0 Å². The van der Waals surface area contributed by atoms with E-state index in [4.69, 9.17) is 5.73 Å². The van der Waals surface area contributed by atoms with E-state index in [9.17, 15) is 9.59 Å². The first-order valence-corrected chi connectivity index (χ1v) is 6.30. The van der Waals surface area contributed by atoms with Crippen LogP contribution in [0, 0.1) is 13.8 Å². The maximum atomic E-state index is 12.5. The second-order valence-corrected chi connectivity index (χ2v) is 5.10. The lowest BCUT2D eigenvalue weighted by atomic mass is 9.99. The molecule has 0 aliphatic rings. The number of amides is 1. The van der Waals surface area contributed by atoms with Crippen LogP contribution in [0.25, 0.3) is 10.9 Å². The molecule has 1 amide bonds. The summed E-state index contributed by atoms with van der Waals surface area (Å²) in [6.45, 7) is 7.59. The summed E-state index contributed by atoms with van der Waals surface area (Å²) in [5.74, 6) is -0.665. The van der Waals surface area contributed by atoms with Crippen LogP contribution >= 0.6 is 0 Å². The highest BCUT2D eigenvalue weighted by molar-refractivity contribution is 6.00. The molecule has 0 bridgehead atoms. The Morgan fingerprint density at radius 2 is 1.89 bits per heavy atom. The average molecular weight is 258 g/mol. The van der Waals surface area contributed by atoms with Crippen molar-refractivity contribution in [2.45, 2.75) is 33.7 Å². The fraction of sp³-hybridized carbons (Fsp3) is 0.333. The molecule has 4 nitrogen and oxygen atoms in total. The largest absolute Gasteiger partial charge is 0.365 e. The molecule has 0 aliphatic heterocycles. The first-order chi connectivity index (χ1) is 8.86. The number of aromatic nitrogens is 1. The van der Waals surface area contributed by atoms with Gasteiger partial charge in [0.2, 0.25) is 0 Å². The average Bonchev–Trinajstić information content (AvgIpc) is 2.27. The minimum absolute atomic E-state index is 0.0319. The van der Waals surface area contributed by atoms with Gasteiger partial charge in [-0.2, -0.15) is 0 Å². The molecule has 1 heterocycles. The van der Waals surface area contributed by atoms with Crippen LogP contribution < -0.4 is 11.3 Å². The smallest absolute Gasteiger partial charge is 0.264 e. The van der Waals surface area contributed by atoms with Crippen molar-refractivity contribution in [1.29, 1.82) is 0 Å². The normalized spacial score (nSPS) is 11.2. The van der Waals surface area contributed by atoms with E-state index in [-0.39, 0.29) is 17.2 Å². The summed E-state index contributed by atoms with van der Waals surface area (Å²) in [5, 5.41) is 0.935. The number of hydrogen-bond acceptors (Lipinski definition) is 2. The number of benzene rings is 1. The highest BCUT2D eigenvalue weighted by Gasteiger charge is 2.19. The van der Waals surface area contributed by atoms with Crippen molar-refractivity contribution >= 4 is 16.8 Å². The van der Waals surface area contributed by atoms with Crippen LogP contribution in [0.5, 0.6) is 0 Å².